The summed E-state index contributed by atoms with van der Waals surface area (Å²) in [5.74, 6) is 0. The predicted octanol–water partition coefficient (Wildman–Crippen LogP) is 4.20. The fourth-order valence-corrected chi connectivity index (χ4v) is 4.28. The molecule has 1 unspecified atom stereocenters. The van der Waals surface area contributed by atoms with Gasteiger partial charge in [-0.3, -0.25) is 0 Å². The summed E-state index contributed by atoms with van der Waals surface area (Å²) < 4.78 is 0. The number of thiazole rings is 1. The fraction of sp³-hybridized carbons (Fsp3) is 0.471. The summed E-state index contributed by atoms with van der Waals surface area (Å²) in [7, 11) is 0. The van der Waals surface area contributed by atoms with Gasteiger partial charge in [0.05, 0.1) is 5.69 Å². The minimum atomic E-state index is 0.209. The zero-order chi connectivity index (χ0) is 14.2. The summed E-state index contributed by atoms with van der Waals surface area (Å²) in [4.78, 5) is 6.30. The van der Waals surface area contributed by atoms with E-state index in [4.69, 9.17) is 4.98 Å². The molecule has 1 aliphatic rings. The minimum absolute atomic E-state index is 0.209. The molecule has 106 valence electrons. The lowest BCUT2D eigenvalue weighted by atomic mass is 9.97. The topological polar surface area (TPSA) is 24.9 Å². The average molecular weight is 286 g/mol. The molecule has 3 heteroatoms. The number of aryl methyl sites for hydroxylation is 1. The first-order valence-electron chi connectivity index (χ1n) is 7.44. The van der Waals surface area contributed by atoms with E-state index >= 15 is 0 Å². The Morgan fingerprint density at radius 2 is 2.00 bits per heavy atom. The molecular weight excluding hydrogens is 264 g/mol. The molecule has 2 nitrogen and oxygen atoms in total. The molecule has 0 aliphatic heterocycles. The third-order valence-corrected chi connectivity index (χ3v) is 5.77. The van der Waals surface area contributed by atoms with E-state index in [1.165, 1.54) is 34.0 Å². The first kappa shape index (κ1) is 13.8. The van der Waals surface area contributed by atoms with Crippen LogP contribution >= 0.6 is 11.3 Å². The molecule has 1 aliphatic carbocycles. The van der Waals surface area contributed by atoms with Crippen LogP contribution in [0.2, 0.25) is 0 Å². The van der Waals surface area contributed by atoms with Crippen LogP contribution in [0, 0.1) is 6.92 Å². The number of nitrogens with zero attached hydrogens (tertiary/aromatic N) is 1. The second-order valence-corrected chi connectivity index (χ2v) is 6.73. The largest absolute Gasteiger partial charge is 0.310 e. The van der Waals surface area contributed by atoms with E-state index in [1.54, 1.807) is 0 Å². The molecule has 3 rings (SSSR count). The average Bonchev–Trinajstić information content (AvgIpc) is 3.18. The summed E-state index contributed by atoms with van der Waals surface area (Å²) in [5.41, 5.74) is 2.83. The number of aromatic nitrogens is 1. The van der Waals surface area contributed by atoms with Crippen molar-refractivity contribution in [1.29, 1.82) is 0 Å². The zero-order valence-electron chi connectivity index (χ0n) is 12.4. The van der Waals surface area contributed by atoms with Crippen molar-refractivity contribution in [2.45, 2.75) is 45.1 Å². The molecule has 1 N–H and O–H groups in total. The molecule has 1 fully saturated rings. The highest BCUT2D eigenvalue weighted by Gasteiger charge is 2.48. The lowest BCUT2D eigenvalue weighted by molar-refractivity contribution is 0.603. The van der Waals surface area contributed by atoms with Crippen LogP contribution in [0.25, 0.3) is 0 Å². The highest BCUT2D eigenvalue weighted by molar-refractivity contribution is 7.12. The van der Waals surface area contributed by atoms with Gasteiger partial charge >= 0.3 is 0 Å². The van der Waals surface area contributed by atoms with Gasteiger partial charge in [-0.15, -0.1) is 11.3 Å². The molecule has 2 aromatic rings. The van der Waals surface area contributed by atoms with Crippen LogP contribution in [0.1, 0.15) is 53.9 Å². The highest BCUT2D eigenvalue weighted by Crippen LogP contribution is 2.55. The Labute approximate surface area is 125 Å². The molecule has 0 saturated heterocycles. The fourth-order valence-electron chi connectivity index (χ4n) is 2.92. The number of rotatable bonds is 5. The predicted molar refractivity (Wildman–Crippen MR) is 85.4 cm³/mol. The summed E-state index contributed by atoms with van der Waals surface area (Å²) in [5, 5.41) is 4.80. The molecule has 20 heavy (non-hydrogen) atoms. The smallest absolute Gasteiger partial charge is 0.104 e. The number of hydrogen-bond donors (Lipinski definition) is 1. The Bertz CT molecular complexity index is 584. The number of benzene rings is 1. The number of hydrogen-bond acceptors (Lipinski definition) is 3. The molecule has 1 atom stereocenters. The summed E-state index contributed by atoms with van der Waals surface area (Å²) in [6.45, 7) is 7.53. The molecule has 1 heterocycles. The molecule has 1 aromatic carbocycles. The van der Waals surface area contributed by atoms with Gasteiger partial charge < -0.3 is 5.32 Å². The van der Waals surface area contributed by atoms with Gasteiger partial charge in [-0.25, -0.2) is 4.98 Å². The van der Waals surface area contributed by atoms with E-state index in [9.17, 15) is 0 Å². The van der Waals surface area contributed by atoms with Crippen LogP contribution in [0.5, 0.6) is 0 Å². The van der Waals surface area contributed by atoms with Gasteiger partial charge in [0.15, 0.2) is 0 Å². The van der Waals surface area contributed by atoms with E-state index in [-0.39, 0.29) is 5.41 Å². The maximum Gasteiger partial charge on any atom is 0.104 e. The van der Waals surface area contributed by atoms with Gasteiger partial charge in [-0.2, -0.15) is 0 Å². The van der Waals surface area contributed by atoms with Crippen molar-refractivity contribution in [2.75, 3.05) is 6.54 Å². The molecular formula is C17H22N2S. The Morgan fingerprint density at radius 3 is 2.60 bits per heavy atom. The normalized spacial score (nSPS) is 17.9. The first-order chi connectivity index (χ1) is 9.67. The van der Waals surface area contributed by atoms with Crippen molar-refractivity contribution in [3.05, 3.63) is 51.5 Å². The monoisotopic (exact) mass is 286 g/mol. The second-order valence-electron chi connectivity index (χ2n) is 5.70. The Morgan fingerprint density at radius 1 is 1.30 bits per heavy atom. The maximum absolute atomic E-state index is 4.90. The van der Waals surface area contributed by atoms with Gasteiger partial charge in [0.1, 0.15) is 5.01 Å². The Balaban J connectivity index is 1.94. The van der Waals surface area contributed by atoms with Gasteiger partial charge in [-0.05, 0) is 38.8 Å². The third-order valence-electron chi connectivity index (χ3n) is 4.22. The second kappa shape index (κ2) is 5.30. The van der Waals surface area contributed by atoms with E-state index in [1.807, 2.05) is 11.3 Å². The van der Waals surface area contributed by atoms with Crippen LogP contribution in [-0.4, -0.2) is 11.5 Å². The lowest BCUT2D eigenvalue weighted by Gasteiger charge is -2.12. The zero-order valence-corrected chi connectivity index (χ0v) is 13.3. The summed E-state index contributed by atoms with van der Waals surface area (Å²) in [6.07, 6.45) is 2.47. The van der Waals surface area contributed by atoms with Crippen LogP contribution in [-0.2, 0) is 5.41 Å². The Kier molecular flexibility index (Phi) is 3.65. The van der Waals surface area contributed by atoms with Gasteiger partial charge in [0.2, 0.25) is 0 Å². The molecule has 0 bridgehead atoms. The van der Waals surface area contributed by atoms with E-state index in [2.05, 4.69) is 56.4 Å². The van der Waals surface area contributed by atoms with Crippen LogP contribution < -0.4 is 5.32 Å². The summed E-state index contributed by atoms with van der Waals surface area (Å²) >= 11 is 1.90. The van der Waals surface area contributed by atoms with Crippen molar-refractivity contribution in [3.8, 4) is 0 Å². The maximum atomic E-state index is 4.90. The van der Waals surface area contributed by atoms with Crippen LogP contribution in [0.15, 0.2) is 30.3 Å². The third kappa shape index (κ3) is 2.29. The quantitative estimate of drug-likeness (QED) is 0.891. The van der Waals surface area contributed by atoms with Crippen LogP contribution in [0.4, 0.5) is 0 Å². The molecule has 1 aromatic heterocycles. The van der Waals surface area contributed by atoms with E-state index in [0.717, 1.165) is 6.54 Å². The molecule has 1 saturated carbocycles. The molecule has 0 radical (unpaired) electrons. The van der Waals surface area contributed by atoms with E-state index in [0.29, 0.717) is 6.04 Å². The van der Waals surface area contributed by atoms with Crippen LogP contribution in [0.3, 0.4) is 0 Å². The standard InChI is InChI=1S/C17H22N2S/c1-4-18-12(2)15-13(3)19-16(20-15)17(10-11-17)14-8-6-5-7-9-14/h5-9,12,18H,4,10-11H2,1-3H3. The minimum Gasteiger partial charge on any atom is -0.310 e. The van der Waals surface area contributed by atoms with Crippen molar-refractivity contribution in [3.63, 3.8) is 0 Å². The first-order valence-corrected chi connectivity index (χ1v) is 8.26. The highest BCUT2D eigenvalue weighted by atomic mass is 32.1. The number of nitrogens with one attached hydrogen (secondary N) is 1. The van der Waals surface area contributed by atoms with Crippen molar-refractivity contribution >= 4 is 11.3 Å². The van der Waals surface area contributed by atoms with Gasteiger partial charge in [0.25, 0.3) is 0 Å². The van der Waals surface area contributed by atoms with Crippen molar-refractivity contribution < 1.29 is 0 Å². The molecule has 0 amide bonds. The molecule has 0 spiro atoms. The SMILES string of the molecule is CCNC(C)c1sc(C2(c3ccccc3)CC2)nc1C. The van der Waals surface area contributed by atoms with Crippen molar-refractivity contribution in [2.24, 2.45) is 0 Å². The Hall–Kier alpha value is -1.19. The van der Waals surface area contributed by atoms with Crippen molar-refractivity contribution in [1.82, 2.24) is 10.3 Å². The van der Waals surface area contributed by atoms with Gasteiger partial charge in [0, 0.05) is 16.3 Å². The van der Waals surface area contributed by atoms with Gasteiger partial charge in [-0.1, -0.05) is 37.3 Å². The van der Waals surface area contributed by atoms with E-state index < -0.39 is 0 Å². The lowest BCUT2D eigenvalue weighted by Crippen LogP contribution is -2.17. The summed E-state index contributed by atoms with van der Waals surface area (Å²) in [6, 6.07) is 11.3.